The van der Waals surface area contributed by atoms with E-state index in [1.54, 1.807) is 0 Å². The topological polar surface area (TPSA) is 85.8 Å². The summed E-state index contributed by atoms with van der Waals surface area (Å²) in [5.74, 6) is 1.01. The van der Waals surface area contributed by atoms with Crippen molar-refractivity contribution >= 4 is 17.3 Å². The van der Waals surface area contributed by atoms with Crippen molar-refractivity contribution in [3.8, 4) is 0 Å². The molecule has 124 valence electrons. The summed E-state index contributed by atoms with van der Waals surface area (Å²) in [6.07, 6.45) is 2.06. The zero-order chi connectivity index (χ0) is 17.1. The number of nitrogens with one attached hydrogen (secondary N) is 1. The van der Waals surface area contributed by atoms with Crippen LogP contribution in [0.3, 0.4) is 0 Å². The van der Waals surface area contributed by atoms with Crippen LogP contribution in [0.4, 0.5) is 5.69 Å². The lowest BCUT2D eigenvalue weighted by Gasteiger charge is -2.12. The fraction of sp³-hybridized carbons (Fsp3) is 0.250. The fourth-order valence-corrected chi connectivity index (χ4v) is 2.42. The van der Waals surface area contributed by atoms with Crippen LogP contribution in [0.2, 0.25) is 5.02 Å². The van der Waals surface area contributed by atoms with Gasteiger partial charge < -0.3 is 9.84 Å². The standard InChI is InChI=1S/C16H16ClN5O2/c1-10(19-12-9-18-22(2)16(23)14(12)17)15-20-13(24-21-15)8-11-6-4-3-5-7-11/h3-7,9-10,19H,8H2,1-2H3. The van der Waals surface area contributed by atoms with Crippen molar-refractivity contribution in [2.24, 2.45) is 7.05 Å². The summed E-state index contributed by atoms with van der Waals surface area (Å²) in [5, 5.41) is 11.1. The number of nitrogens with zero attached hydrogens (tertiary/aromatic N) is 4. The molecule has 8 heteroatoms. The molecule has 0 aliphatic carbocycles. The molecule has 0 aliphatic heterocycles. The zero-order valence-corrected chi connectivity index (χ0v) is 14.0. The van der Waals surface area contributed by atoms with Gasteiger partial charge in [-0.2, -0.15) is 10.1 Å². The first-order valence-corrected chi connectivity index (χ1v) is 7.77. The Morgan fingerprint density at radius 1 is 1.33 bits per heavy atom. The molecule has 24 heavy (non-hydrogen) atoms. The molecule has 3 rings (SSSR count). The maximum absolute atomic E-state index is 11.8. The highest BCUT2D eigenvalue weighted by atomic mass is 35.5. The highest BCUT2D eigenvalue weighted by Crippen LogP contribution is 2.21. The Morgan fingerprint density at radius 3 is 2.83 bits per heavy atom. The van der Waals surface area contributed by atoms with Crippen LogP contribution in [-0.4, -0.2) is 19.9 Å². The van der Waals surface area contributed by atoms with Gasteiger partial charge in [0.15, 0.2) is 5.82 Å². The van der Waals surface area contributed by atoms with Crippen molar-refractivity contribution in [3.05, 3.63) is 69.2 Å². The second-order valence-corrected chi connectivity index (χ2v) is 5.75. The highest BCUT2D eigenvalue weighted by molar-refractivity contribution is 6.32. The van der Waals surface area contributed by atoms with E-state index in [4.69, 9.17) is 16.1 Å². The number of aromatic nitrogens is 4. The number of rotatable bonds is 5. The summed E-state index contributed by atoms with van der Waals surface area (Å²) in [6, 6.07) is 9.58. The minimum Gasteiger partial charge on any atom is -0.373 e. The summed E-state index contributed by atoms with van der Waals surface area (Å²) < 4.78 is 6.46. The van der Waals surface area contributed by atoms with Crippen LogP contribution in [0.15, 0.2) is 45.8 Å². The lowest BCUT2D eigenvalue weighted by atomic mass is 10.1. The molecule has 0 saturated carbocycles. The Kier molecular flexibility index (Phi) is 4.61. The molecule has 0 bridgehead atoms. The van der Waals surface area contributed by atoms with E-state index < -0.39 is 0 Å². The van der Waals surface area contributed by atoms with Crippen LogP contribution in [-0.2, 0) is 13.5 Å². The number of halogens is 1. The van der Waals surface area contributed by atoms with Gasteiger partial charge in [0.1, 0.15) is 5.02 Å². The van der Waals surface area contributed by atoms with Gasteiger partial charge in [0.25, 0.3) is 5.56 Å². The smallest absolute Gasteiger partial charge is 0.287 e. The van der Waals surface area contributed by atoms with E-state index in [2.05, 4.69) is 20.6 Å². The minimum atomic E-state index is -0.369. The quantitative estimate of drug-likeness (QED) is 0.765. The molecule has 0 radical (unpaired) electrons. The van der Waals surface area contributed by atoms with Gasteiger partial charge in [-0.1, -0.05) is 47.1 Å². The van der Waals surface area contributed by atoms with Crippen LogP contribution in [0, 0.1) is 0 Å². The number of aryl methyl sites for hydroxylation is 1. The van der Waals surface area contributed by atoms with Gasteiger partial charge in [0.05, 0.1) is 24.3 Å². The Hall–Kier alpha value is -2.67. The van der Waals surface area contributed by atoms with Gasteiger partial charge in [0, 0.05) is 7.05 Å². The van der Waals surface area contributed by atoms with E-state index in [-0.39, 0.29) is 16.6 Å². The lowest BCUT2D eigenvalue weighted by molar-refractivity contribution is 0.378. The van der Waals surface area contributed by atoms with Crippen LogP contribution in [0.5, 0.6) is 0 Å². The molecule has 0 aliphatic rings. The molecule has 1 aromatic carbocycles. The summed E-state index contributed by atoms with van der Waals surface area (Å²) in [7, 11) is 1.54. The largest absolute Gasteiger partial charge is 0.373 e. The van der Waals surface area contributed by atoms with Gasteiger partial charge in [-0.15, -0.1) is 0 Å². The number of hydrogen-bond donors (Lipinski definition) is 1. The average Bonchev–Trinajstić information content (AvgIpc) is 3.05. The van der Waals surface area contributed by atoms with Crippen LogP contribution in [0.1, 0.15) is 30.2 Å². The minimum absolute atomic E-state index is 0.0763. The number of anilines is 1. The van der Waals surface area contributed by atoms with Gasteiger partial charge in [-0.25, -0.2) is 4.68 Å². The van der Waals surface area contributed by atoms with Crippen LogP contribution in [0.25, 0.3) is 0 Å². The highest BCUT2D eigenvalue weighted by Gasteiger charge is 2.16. The van der Waals surface area contributed by atoms with E-state index in [1.165, 1.54) is 17.9 Å². The second kappa shape index (κ2) is 6.84. The van der Waals surface area contributed by atoms with Crippen LogP contribution >= 0.6 is 11.6 Å². The molecule has 0 saturated heterocycles. The first kappa shape index (κ1) is 16.2. The maximum atomic E-state index is 11.8. The SMILES string of the molecule is CC(Nc1cnn(C)c(=O)c1Cl)c1noc(Cc2ccccc2)n1. The molecular weight excluding hydrogens is 330 g/mol. The predicted octanol–water partition coefficient (Wildman–Crippen LogP) is 2.58. The summed E-state index contributed by atoms with van der Waals surface area (Å²) >= 11 is 6.04. The molecule has 0 amide bonds. The third-order valence-corrected chi connectivity index (χ3v) is 3.88. The van der Waals surface area contributed by atoms with Gasteiger partial charge in [-0.3, -0.25) is 4.79 Å². The second-order valence-electron chi connectivity index (χ2n) is 5.38. The number of benzene rings is 1. The van der Waals surface area contributed by atoms with Crippen molar-refractivity contribution in [3.63, 3.8) is 0 Å². The predicted molar refractivity (Wildman–Crippen MR) is 90.1 cm³/mol. The first-order chi connectivity index (χ1) is 11.5. The Labute approximate surface area is 143 Å². The lowest BCUT2D eigenvalue weighted by Crippen LogP contribution is -2.21. The Balaban J connectivity index is 1.73. The van der Waals surface area contributed by atoms with Crippen molar-refractivity contribution in [2.75, 3.05) is 5.32 Å². The van der Waals surface area contributed by atoms with Crippen molar-refractivity contribution in [2.45, 2.75) is 19.4 Å². The number of hydrogen-bond acceptors (Lipinski definition) is 6. The van der Waals surface area contributed by atoms with E-state index in [1.807, 2.05) is 37.3 Å². The van der Waals surface area contributed by atoms with E-state index in [0.717, 1.165) is 5.56 Å². The molecule has 7 nitrogen and oxygen atoms in total. The monoisotopic (exact) mass is 345 g/mol. The molecule has 0 fully saturated rings. The first-order valence-electron chi connectivity index (χ1n) is 7.39. The average molecular weight is 346 g/mol. The van der Waals surface area contributed by atoms with E-state index >= 15 is 0 Å². The zero-order valence-electron chi connectivity index (χ0n) is 13.2. The maximum Gasteiger partial charge on any atom is 0.287 e. The van der Waals surface area contributed by atoms with Gasteiger partial charge >= 0.3 is 0 Å². The molecule has 3 aromatic rings. The molecule has 1 N–H and O–H groups in total. The summed E-state index contributed by atoms with van der Waals surface area (Å²) in [5.41, 5.74) is 1.15. The van der Waals surface area contributed by atoms with Crippen LogP contribution < -0.4 is 10.9 Å². The van der Waals surface area contributed by atoms with Crippen molar-refractivity contribution in [1.82, 2.24) is 19.9 Å². The Morgan fingerprint density at radius 2 is 2.08 bits per heavy atom. The molecule has 1 unspecified atom stereocenters. The molecule has 1 atom stereocenters. The van der Waals surface area contributed by atoms with E-state index in [0.29, 0.717) is 23.8 Å². The third-order valence-electron chi connectivity index (χ3n) is 3.52. The molecular formula is C16H16ClN5O2. The van der Waals surface area contributed by atoms with Gasteiger partial charge in [0.2, 0.25) is 5.89 Å². The molecule has 0 spiro atoms. The van der Waals surface area contributed by atoms with Crippen molar-refractivity contribution in [1.29, 1.82) is 0 Å². The summed E-state index contributed by atoms with van der Waals surface area (Å²) in [6.45, 7) is 1.85. The molecule has 2 heterocycles. The summed E-state index contributed by atoms with van der Waals surface area (Å²) in [4.78, 5) is 16.2. The molecule has 2 aromatic heterocycles. The Bertz CT molecular complexity index is 891. The third kappa shape index (κ3) is 3.46. The normalized spacial score (nSPS) is 12.1. The van der Waals surface area contributed by atoms with Gasteiger partial charge in [-0.05, 0) is 12.5 Å². The fourth-order valence-electron chi connectivity index (χ4n) is 2.20. The van der Waals surface area contributed by atoms with Crippen molar-refractivity contribution < 1.29 is 4.52 Å². The van der Waals surface area contributed by atoms with E-state index in [9.17, 15) is 4.79 Å².